The molecule has 1 aliphatic carbocycles. The molecule has 0 aromatic carbocycles. The molecule has 4 nitrogen and oxygen atoms in total. The number of nitrogens with zero attached hydrogens (tertiary/aromatic N) is 1. The molecule has 0 amide bonds. The summed E-state index contributed by atoms with van der Waals surface area (Å²) in [5.74, 6) is 1.20. The van der Waals surface area contributed by atoms with E-state index in [9.17, 15) is 0 Å². The Kier molecular flexibility index (Phi) is 3.60. The van der Waals surface area contributed by atoms with Crippen LogP contribution in [-0.2, 0) is 6.54 Å². The van der Waals surface area contributed by atoms with E-state index in [-0.39, 0.29) is 0 Å². The molecule has 1 saturated carbocycles. The van der Waals surface area contributed by atoms with Gasteiger partial charge < -0.3 is 15.5 Å². The van der Waals surface area contributed by atoms with Gasteiger partial charge >= 0.3 is 0 Å². The molecule has 0 radical (unpaired) electrons. The van der Waals surface area contributed by atoms with Crippen molar-refractivity contribution in [3.63, 3.8) is 0 Å². The van der Waals surface area contributed by atoms with Gasteiger partial charge in [0.05, 0.1) is 6.54 Å². The SMILES string of the molecule is N#Cc1ccc(CNC2CCC(N)CC2)o1. The monoisotopic (exact) mass is 219 g/mol. The van der Waals surface area contributed by atoms with Crippen LogP contribution < -0.4 is 11.1 Å². The van der Waals surface area contributed by atoms with Crippen molar-refractivity contribution in [3.8, 4) is 6.07 Å². The molecule has 1 fully saturated rings. The van der Waals surface area contributed by atoms with Crippen molar-refractivity contribution in [2.24, 2.45) is 5.73 Å². The number of nitrogens with two attached hydrogens (primary N) is 1. The number of rotatable bonds is 3. The fourth-order valence-electron chi connectivity index (χ4n) is 2.10. The third kappa shape index (κ3) is 2.84. The molecule has 0 unspecified atom stereocenters. The second-order valence-electron chi connectivity index (χ2n) is 4.37. The quantitative estimate of drug-likeness (QED) is 0.808. The van der Waals surface area contributed by atoms with Gasteiger partial charge in [-0.25, -0.2) is 0 Å². The molecule has 2 rings (SSSR count). The van der Waals surface area contributed by atoms with Gasteiger partial charge in [-0.1, -0.05) is 0 Å². The second-order valence-corrected chi connectivity index (χ2v) is 4.37. The highest BCUT2D eigenvalue weighted by Gasteiger charge is 2.18. The maximum Gasteiger partial charge on any atom is 0.203 e. The van der Waals surface area contributed by atoms with E-state index in [1.165, 1.54) is 0 Å². The summed E-state index contributed by atoms with van der Waals surface area (Å²) in [6, 6.07) is 6.45. The van der Waals surface area contributed by atoms with Crippen molar-refractivity contribution in [2.75, 3.05) is 0 Å². The third-order valence-corrected chi connectivity index (χ3v) is 3.11. The molecule has 1 aromatic heterocycles. The molecule has 86 valence electrons. The summed E-state index contributed by atoms with van der Waals surface area (Å²) in [6.07, 6.45) is 4.46. The van der Waals surface area contributed by atoms with E-state index in [2.05, 4.69) is 5.32 Å². The Bertz CT molecular complexity index is 372. The minimum atomic E-state index is 0.377. The van der Waals surface area contributed by atoms with Gasteiger partial charge in [0.2, 0.25) is 5.76 Å². The van der Waals surface area contributed by atoms with Crippen LogP contribution in [0.1, 0.15) is 37.2 Å². The molecule has 0 atom stereocenters. The maximum absolute atomic E-state index is 8.62. The molecule has 1 heterocycles. The van der Waals surface area contributed by atoms with Gasteiger partial charge in [0.25, 0.3) is 0 Å². The Morgan fingerprint density at radius 2 is 2.12 bits per heavy atom. The first-order valence-electron chi connectivity index (χ1n) is 5.75. The molecule has 0 aliphatic heterocycles. The van der Waals surface area contributed by atoms with Gasteiger partial charge in [-0.05, 0) is 37.8 Å². The van der Waals surface area contributed by atoms with Gasteiger partial charge in [-0.15, -0.1) is 0 Å². The first kappa shape index (κ1) is 11.2. The van der Waals surface area contributed by atoms with Crippen molar-refractivity contribution in [3.05, 3.63) is 23.7 Å². The zero-order valence-electron chi connectivity index (χ0n) is 9.28. The summed E-state index contributed by atoms with van der Waals surface area (Å²) < 4.78 is 5.30. The van der Waals surface area contributed by atoms with Crippen LogP contribution in [0.15, 0.2) is 16.5 Å². The van der Waals surface area contributed by atoms with Gasteiger partial charge in [0.15, 0.2) is 0 Å². The molecule has 0 bridgehead atoms. The van der Waals surface area contributed by atoms with Crippen LogP contribution in [0.2, 0.25) is 0 Å². The lowest BCUT2D eigenvalue weighted by atomic mass is 9.92. The molecule has 1 aromatic rings. The van der Waals surface area contributed by atoms with Crippen LogP contribution >= 0.6 is 0 Å². The number of hydrogen-bond acceptors (Lipinski definition) is 4. The fourth-order valence-corrected chi connectivity index (χ4v) is 2.10. The fraction of sp³-hybridized carbons (Fsp3) is 0.583. The maximum atomic E-state index is 8.62. The third-order valence-electron chi connectivity index (χ3n) is 3.11. The Morgan fingerprint density at radius 3 is 2.75 bits per heavy atom. The number of nitriles is 1. The van der Waals surface area contributed by atoms with Gasteiger partial charge in [0.1, 0.15) is 11.8 Å². The Hall–Kier alpha value is -1.31. The molecule has 0 saturated heterocycles. The van der Waals surface area contributed by atoms with Crippen LogP contribution in [0, 0.1) is 11.3 Å². The van der Waals surface area contributed by atoms with Gasteiger partial charge in [-0.3, -0.25) is 0 Å². The van der Waals surface area contributed by atoms with Crippen LogP contribution in [0.25, 0.3) is 0 Å². The summed E-state index contributed by atoms with van der Waals surface area (Å²) in [4.78, 5) is 0. The highest BCUT2D eigenvalue weighted by molar-refractivity contribution is 5.18. The van der Waals surface area contributed by atoms with Crippen LogP contribution in [0.3, 0.4) is 0 Å². The van der Waals surface area contributed by atoms with Crippen LogP contribution in [-0.4, -0.2) is 12.1 Å². The van der Waals surface area contributed by atoms with Gasteiger partial charge in [-0.2, -0.15) is 5.26 Å². The molecule has 16 heavy (non-hydrogen) atoms. The number of nitrogens with one attached hydrogen (secondary N) is 1. The van der Waals surface area contributed by atoms with E-state index in [1.54, 1.807) is 6.07 Å². The average molecular weight is 219 g/mol. The van der Waals surface area contributed by atoms with E-state index in [1.807, 2.05) is 12.1 Å². The van der Waals surface area contributed by atoms with E-state index in [4.69, 9.17) is 15.4 Å². The van der Waals surface area contributed by atoms with E-state index >= 15 is 0 Å². The molecule has 1 aliphatic rings. The molecular weight excluding hydrogens is 202 g/mol. The largest absolute Gasteiger partial charge is 0.449 e. The lowest BCUT2D eigenvalue weighted by Gasteiger charge is -2.26. The predicted octanol–water partition coefficient (Wildman–Crippen LogP) is 1.51. The van der Waals surface area contributed by atoms with Crippen molar-refractivity contribution in [2.45, 2.75) is 44.3 Å². The smallest absolute Gasteiger partial charge is 0.203 e. The van der Waals surface area contributed by atoms with Crippen molar-refractivity contribution < 1.29 is 4.42 Å². The summed E-state index contributed by atoms with van der Waals surface area (Å²) in [7, 11) is 0. The highest BCUT2D eigenvalue weighted by atomic mass is 16.3. The van der Waals surface area contributed by atoms with Crippen molar-refractivity contribution in [1.82, 2.24) is 5.32 Å². The summed E-state index contributed by atoms with van der Waals surface area (Å²) >= 11 is 0. The summed E-state index contributed by atoms with van der Waals surface area (Å²) in [5, 5.41) is 12.1. The first-order chi connectivity index (χ1) is 7.78. The van der Waals surface area contributed by atoms with E-state index in [0.717, 1.165) is 31.4 Å². The number of furan rings is 1. The van der Waals surface area contributed by atoms with E-state index < -0.39 is 0 Å². The minimum absolute atomic E-state index is 0.377. The Labute approximate surface area is 95.4 Å². The molecule has 0 spiro atoms. The lowest BCUT2D eigenvalue weighted by molar-refractivity contribution is 0.331. The number of hydrogen-bond donors (Lipinski definition) is 2. The van der Waals surface area contributed by atoms with Gasteiger partial charge in [0, 0.05) is 12.1 Å². The Morgan fingerprint density at radius 1 is 1.38 bits per heavy atom. The standard InChI is InChI=1S/C12H17N3O/c13-7-11-5-6-12(16-11)8-15-10-3-1-9(14)2-4-10/h5-6,9-10,15H,1-4,8,14H2. The Balaban J connectivity index is 1.77. The molecule has 4 heteroatoms. The average Bonchev–Trinajstić information content (AvgIpc) is 2.76. The van der Waals surface area contributed by atoms with Crippen molar-refractivity contribution >= 4 is 0 Å². The van der Waals surface area contributed by atoms with Crippen molar-refractivity contribution in [1.29, 1.82) is 5.26 Å². The second kappa shape index (κ2) is 5.15. The zero-order valence-corrected chi connectivity index (χ0v) is 9.28. The zero-order chi connectivity index (χ0) is 11.4. The lowest BCUT2D eigenvalue weighted by Crippen LogP contribution is -2.36. The molecular formula is C12H17N3O. The minimum Gasteiger partial charge on any atom is -0.449 e. The molecule has 3 N–H and O–H groups in total. The summed E-state index contributed by atoms with van der Waals surface area (Å²) in [5.41, 5.74) is 5.84. The predicted molar refractivity (Wildman–Crippen MR) is 60.5 cm³/mol. The normalized spacial score (nSPS) is 25.2. The summed E-state index contributed by atoms with van der Waals surface area (Å²) in [6.45, 7) is 0.696. The van der Waals surface area contributed by atoms with Crippen LogP contribution in [0.4, 0.5) is 0 Å². The van der Waals surface area contributed by atoms with E-state index in [0.29, 0.717) is 24.4 Å². The first-order valence-corrected chi connectivity index (χ1v) is 5.75. The topological polar surface area (TPSA) is 75.0 Å². The highest BCUT2D eigenvalue weighted by Crippen LogP contribution is 2.17. The van der Waals surface area contributed by atoms with Crippen LogP contribution in [0.5, 0.6) is 0 Å².